The van der Waals surface area contributed by atoms with Gasteiger partial charge in [0.2, 0.25) is 5.91 Å². The maximum atomic E-state index is 11.8. The third kappa shape index (κ3) is 3.79. The molecule has 0 aliphatic carbocycles. The second-order valence-electron chi connectivity index (χ2n) is 4.17. The van der Waals surface area contributed by atoms with E-state index in [9.17, 15) is 9.59 Å². The van der Waals surface area contributed by atoms with Gasteiger partial charge in [-0.3, -0.25) is 9.59 Å². The summed E-state index contributed by atoms with van der Waals surface area (Å²) in [5.74, 6) is -1.05. The number of carboxylic acid groups (broad SMARTS) is 1. The molecule has 0 saturated carbocycles. The minimum absolute atomic E-state index is 0.0549. The molecule has 0 radical (unpaired) electrons. The molecule has 1 saturated heterocycles. The SMILES string of the molecule is CN1CCN(C(=O)[C@@H](N)CCC(=O)O)CC1. The van der Waals surface area contributed by atoms with E-state index in [1.165, 1.54) is 0 Å². The van der Waals surface area contributed by atoms with Gasteiger partial charge < -0.3 is 20.6 Å². The lowest BCUT2D eigenvalue weighted by Gasteiger charge is -2.33. The van der Waals surface area contributed by atoms with Gasteiger partial charge >= 0.3 is 5.97 Å². The molecule has 1 heterocycles. The number of carboxylic acids is 1. The van der Waals surface area contributed by atoms with Crippen molar-refractivity contribution in [3.63, 3.8) is 0 Å². The zero-order valence-electron chi connectivity index (χ0n) is 9.56. The summed E-state index contributed by atoms with van der Waals surface area (Å²) in [6, 6.07) is -0.681. The first-order chi connectivity index (χ1) is 7.50. The van der Waals surface area contributed by atoms with Crippen LogP contribution in [0, 0.1) is 0 Å². The molecule has 0 aromatic rings. The van der Waals surface area contributed by atoms with E-state index in [4.69, 9.17) is 10.8 Å². The highest BCUT2D eigenvalue weighted by Gasteiger charge is 2.24. The molecule has 0 aromatic heterocycles. The summed E-state index contributed by atoms with van der Waals surface area (Å²) in [7, 11) is 2.01. The Morgan fingerprint density at radius 1 is 1.31 bits per heavy atom. The van der Waals surface area contributed by atoms with Crippen molar-refractivity contribution in [1.29, 1.82) is 0 Å². The molecular weight excluding hydrogens is 210 g/mol. The normalized spacial score (nSPS) is 19.5. The zero-order chi connectivity index (χ0) is 12.1. The highest BCUT2D eigenvalue weighted by molar-refractivity contribution is 5.82. The van der Waals surface area contributed by atoms with Crippen molar-refractivity contribution in [3.8, 4) is 0 Å². The molecule has 1 aliphatic rings. The van der Waals surface area contributed by atoms with Crippen LogP contribution >= 0.6 is 0 Å². The van der Waals surface area contributed by atoms with Crippen LogP contribution in [0.4, 0.5) is 0 Å². The Morgan fingerprint density at radius 3 is 2.38 bits per heavy atom. The second kappa shape index (κ2) is 5.81. The third-order valence-corrected chi connectivity index (χ3v) is 2.80. The molecule has 3 N–H and O–H groups in total. The van der Waals surface area contributed by atoms with Gasteiger partial charge in [0.15, 0.2) is 0 Å². The van der Waals surface area contributed by atoms with Crippen molar-refractivity contribution >= 4 is 11.9 Å². The number of hydrogen-bond acceptors (Lipinski definition) is 4. The molecule has 92 valence electrons. The Balaban J connectivity index is 2.35. The lowest BCUT2D eigenvalue weighted by atomic mass is 10.1. The predicted molar refractivity (Wildman–Crippen MR) is 58.9 cm³/mol. The number of piperazine rings is 1. The van der Waals surface area contributed by atoms with Crippen LogP contribution in [0.15, 0.2) is 0 Å². The minimum Gasteiger partial charge on any atom is -0.481 e. The molecule has 1 amide bonds. The predicted octanol–water partition coefficient (Wildman–Crippen LogP) is -1.05. The minimum atomic E-state index is -0.915. The van der Waals surface area contributed by atoms with Crippen LogP contribution in [0.25, 0.3) is 0 Å². The summed E-state index contributed by atoms with van der Waals surface area (Å²) in [4.78, 5) is 26.0. The van der Waals surface area contributed by atoms with Crippen molar-refractivity contribution in [2.75, 3.05) is 33.2 Å². The number of nitrogens with two attached hydrogens (primary N) is 1. The largest absolute Gasteiger partial charge is 0.481 e. The molecule has 6 heteroatoms. The van der Waals surface area contributed by atoms with Gasteiger partial charge in [-0.05, 0) is 13.5 Å². The number of nitrogens with zero attached hydrogens (tertiary/aromatic N) is 2. The summed E-state index contributed by atoms with van der Waals surface area (Å²) < 4.78 is 0. The van der Waals surface area contributed by atoms with Crippen molar-refractivity contribution in [3.05, 3.63) is 0 Å². The first-order valence-corrected chi connectivity index (χ1v) is 5.45. The van der Waals surface area contributed by atoms with E-state index >= 15 is 0 Å². The monoisotopic (exact) mass is 229 g/mol. The summed E-state index contributed by atoms with van der Waals surface area (Å²) in [6.07, 6.45) is 0.154. The van der Waals surface area contributed by atoms with Crippen LogP contribution in [0.3, 0.4) is 0 Å². The highest BCUT2D eigenvalue weighted by Crippen LogP contribution is 2.04. The summed E-state index contributed by atoms with van der Waals surface area (Å²) in [5.41, 5.74) is 5.66. The molecule has 1 atom stereocenters. The average molecular weight is 229 g/mol. The van der Waals surface area contributed by atoms with Gasteiger partial charge in [-0.25, -0.2) is 0 Å². The van der Waals surface area contributed by atoms with E-state index in [2.05, 4.69) is 4.90 Å². The third-order valence-electron chi connectivity index (χ3n) is 2.80. The topological polar surface area (TPSA) is 86.9 Å². The molecule has 0 unspecified atom stereocenters. The van der Waals surface area contributed by atoms with E-state index in [-0.39, 0.29) is 18.7 Å². The van der Waals surface area contributed by atoms with Crippen LogP contribution in [-0.4, -0.2) is 66.1 Å². The molecule has 0 spiro atoms. The highest BCUT2D eigenvalue weighted by atomic mass is 16.4. The fourth-order valence-corrected chi connectivity index (χ4v) is 1.66. The zero-order valence-corrected chi connectivity index (χ0v) is 9.56. The molecular formula is C10H19N3O3. The lowest BCUT2D eigenvalue weighted by molar-refractivity contribution is -0.138. The Labute approximate surface area is 95.0 Å². The molecule has 6 nitrogen and oxygen atoms in total. The Kier molecular flexibility index (Phi) is 4.70. The van der Waals surface area contributed by atoms with Crippen molar-refractivity contribution in [1.82, 2.24) is 9.80 Å². The number of carbonyl (C=O) groups excluding carboxylic acids is 1. The van der Waals surface area contributed by atoms with E-state index in [1.807, 2.05) is 7.05 Å². The molecule has 1 rings (SSSR count). The van der Waals surface area contributed by atoms with Crippen molar-refractivity contribution in [2.45, 2.75) is 18.9 Å². The van der Waals surface area contributed by atoms with Crippen molar-refractivity contribution < 1.29 is 14.7 Å². The smallest absolute Gasteiger partial charge is 0.303 e. The van der Waals surface area contributed by atoms with E-state index in [0.717, 1.165) is 13.1 Å². The maximum absolute atomic E-state index is 11.8. The first-order valence-electron chi connectivity index (χ1n) is 5.45. The van der Waals surface area contributed by atoms with Gasteiger partial charge in [0, 0.05) is 32.6 Å². The van der Waals surface area contributed by atoms with Gasteiger partial charge in [-0.15, -0.1) is 0 Å². The van der Waals surface area contributed by atoms with Gasteiger partial charge in [-0.2, -0.15) is 0 Å². The number of amides is 1. The Hall–Kier alpha value is -1.14. The first kappa shape index (κ1) is 12.9. The maximum Gasteiger partial charge on any atom is 0.303 e. The molecule has 0 aromatic carbocycles. The van der Waals surface area contributed by atoms with Crippen LogP contribution in [0.2, 0.25) is 0 Å². The van der Waals surface area contributed by atoms with Crippen LogP contribution in [-0.2, 0) is 9.59 Å². The van der Waals surface area contributed by atoms with Crippen LogP contribution < -0.4 is 5.73 Å². The molecule has 1 aliphatic heterocycles. The van der Waals surface area contributed by atoms with E-state index in [0.29, 0.717) is 13.1 Å². The number of carbonyl (C=O) groups is 2. The van der Waals surface area contributed by atoms with Gasteiger partial charge in [-0.1, -0.05) is 0 Å². The summed E-state index contributed by atoms with van der Waals surface area (Å²) in [5, 5.41) is 8.50. The average Bonchev–Trinajstić information content (AvgIpc) is 2.26. The number of likely N-dealkylation sites (N-methyl/N-ethyl adjacent to an activating group) is 1. The molecule has 16 heavy (non-hydrogen) atoms. The number of rotatable bonds is 4. The fourth-order valence-electron chi connectivity index (χ4n) is 1.66. The molecule has 0 bridgehead atoms. The van der Waals surface area contributed by atoms with E-state index < -0.39 is 12.0 Å². The Morgan fingerprint density at radius 2 is 1.88 bits per heavy atom. The van der Waals surface area contributed by atoms with Gasteiger partial charge in [0.05, 0.1) is 6.04 Å². The standard InChI is InChI=1S/C10H19N3O3/c1-12-4-6-13(7-5-12)10(16)8(11)2-3-9(14)15/h8H,2-7,11H2,1H3,(H,14,15)/t8-/m0/s1. The summed E-state index contributed by atoms with van der Waals surface area (Å²) >= 11 is 0. The molecule has 1 fully saturated rings. The Bertz CT molecular complexity index is 262. The summed E-state index contributed by atoms with van der Waals surface area (Å²) in [6.45, 7) is 3.04. The fraction of sp³-hybridized carbons (Fsp3) is 0.800. The van der Waals surface area contributed by atoms with Crippen molar-refractivity contribution in [2.24, 2.45) is 5.73 Å². The van der Waals surface area contributed by atoms with Crippen LogP contribution in [0.5, 0.6) is 0 Å². The van der Waals surface area contributed by atoms with Gasteiger partial charge in [0.25, 0.3) is 0 Å². The quantitative estimate of drug-likeness (QED) is 0.642. The van der Waals surface area contributed by atoms with Crippen LogP contribution in [0.1, 0.15) is 12.8 Å². The van der Waals surface area contributed by atoms with Gasteiger partial charge in [0.1, 0.15) is 0 Å². The number of aliphatic carboxylic acids is 1. The second-order valence-corrected chi connectivity index (χ2v) is 4.17. The number of hydrogen-bond donors (Lipinski definition) is 2. The lowest BCUT2D eigenvalue weighted by Crippen LogP contribution is -2.52. The van der Waals surface area contributed by atoms with E-state index in [1.54, 1.807) is 4.90 Å².